The first-order valence-corrected chi connectivity index (χ1v) is 12.0. The van der Waals surface area contributed by atoms with Crippen molar-refractivity contribution in [3.05, 3.63) is 47.5 Å². The molecule has 1 atom stereocenters. The summed E-state index contributed by atoms with van der Waals surface area (Å²) >= 11 is 7.22. The topological polar surface area (TPSA) is 88.6 Å². The molecule has 0 radical (unpaired) electrons. The number of carbonyl (C=O) groups excluding carboxylic acids is 1. The van der Waals surface area contributed by atoms with Crippen molar-refractivity contribution in [1.82, 2.24) is 9.29 Å². The lowest BCUT2D eigenvalue weighted by Crippen LogP contribution is -2.43. The van der Waals surface area contributed by atoms with Crippen LogP contribution >= 0.6 is 22.9 Å². The number of methoxy groups -OCH3 is 1. The number of rotatable bonds is 5. The number of thiazole rings is 1. The van der Waals surface area contributed by atoms with Crippen LogP contribution in [0.1, 0.15) is 12.8 Å². The minimum atomic E-state index is -3.68. The van der Waals surface area contributed by atoms with Crippen LogP contribution in [0.2, 0.25) is 5.02 Å². The summed E-state index contributed by atoms with van der Waals surface area (Å²) in [5.41, 5.74) is 0.770. The predicted octanol–water partition coefficient (Wildman–Crippen LogP) is 4.00. The highest BCUT2D eigenvalue weighted by molar-refractivity contribution is 7.89. The van der Waals surface area contributed by atoms with Crippen LogP contribution in [0.5, 0.6) is 5.75 Å². The molecule has 1 amide bonds. The molecule has 0 saturated carbocycles. The molecule has 1 unspecified atom stereocenters. The summed E-state index contributed by atoms with van der Waals surface area (Å²) in [6, 6.07) is 11.6. The van der Waals surface area contributed by atoms with Gasteiger partial charge in [0.25, 0.3) is 0 Å². The molecule has 7 nitrogen and oxygen atoms in total. The Hall–Kier alpha value is -2.20. The largest absolute Gasteiger partial charge is 0.497 e. The van der Waals surface area contributed by atoms with Crippen LogP contribution in [-0.4, -0.2) is 43.8 Å². The highest BCUT2D eigenvalue weighted by Gasteiger charge is 2.33. The van der Waals surface area contributed by atoms with Gasteiger partial charge in [-0.2, -0.15) is 4.31 Å². The van der Waals surface area contributed by atoms with E-state index in [1.165, 1.54) is 27.8 Å². The molecule has 0 aliphatic carbocycles. The maximum absolute atomic E-state index is 12.9. The third-order valence-corrected chi connectivity index (χ3v) is 8.10. The first kappa shape index (κ1) is 21.0. The van der Waals surface area contributed by atoms with Gasteiger partial charge < -0.3 is 10.1 Å². The first-order chi connectivity index (χ1) is 14.4. The minimum absolute atomic E-state index is 0.134. The van der Waals surface area contributed by atoms with Gasteiger partial charge in [0.2, 0.25) is 15.9 Å². The van der Waals surface area contributed by atoms with Crippen LogP contribution in [-0.2, 0) is 14.8 Å². The fraction of sp³-hybridized carbons (Fsp3) is 0.300. The summed E-state index contributed by atoms with van der Waals surface area (Å²) in [5, 5.41) is 3.80. The Morgan fingerprint density at radius 3 is 2.77 bits per heavy atom. The number of hydrogen-bond acceptors (Lipinski definition) is 6. The molecule has 1 aromatic heterocycles. The van der Waals surface area contributed by atoms with Gasteiger partial charge in [0, 0.05) is 18.1 Å². The Bertz CT molecular complexity index is 1180. The summed E-state index contributed by atoms with van der Waals surface area (Å²) in [6.45, 7) is 0.519. The maximum Gasteiger partial charge on any atom is 0.243 e. The normalized spacial score (nSPS) is 17.7. The number of anilines is 1. The maximum atomic E-state index is 12.9. The van der Waals surface area contributed by atoms with Crippen LogP contribution in [0.25, 0.3) is 10.2 Å². The van der Waals surface area contributed by atoms with Crippen molar-refractivity contribution >= 4 is 54.2 Å². The number of halogens is 1. The SMILES string of the molecule is COc1ccc2nc(NC(=O)C3CCCN(S(=O)(=O)c4ccc(Cl)cc4)C3)sc2c1. The summed E-state index contributed by atoms with van der Waals surface area (Å²) in [6.07, 6.45) is 1.24. The predicted molar refractivity (Wildman–Crippen MR) is 118 cm³/mol. The van der Waals surface area contributed by atoms with Crippen molar-refractivity contribution in [3.8, 4) is 5.75 Å². The fourth-order valence-corrected chi connectivity index (χ4v) is 5.97. The molecule has 10 heteroatoms. The van der Waals surface area contributed by atoms with Crippen molar-refractivity contribution in [1.29, 1.82) is 0 Å². The minimum Gasteiger partial charge on any atom is -0.497 e. The van der Waals surface area contributed by atoms with Crippen LogP contribution in [0, 0.1) is 5.92 Å². The van der Waals surface area contributed by atoms with Crippen molar-refractivity contribution in [3.63, 3.8) is 0 Å². The van der Waals surface area contributed by atoms with Crippen molar-refractivity contribution in [2.24, 2.45) is 5.92 Å². The zero-order chi connectivity index (χ0) is 21.3. The van der Waals surface area contributed by atoms with Crippen molar-refractivity contribution in [2.45, 2.75) is 17.7 Å². The van der Waals surface area contributed by atoms with Gasteiger partial charge in [-0.3, -0.25) is 4.79 Å². The third-order valence-electron chi connectivity index (χ3n) is 5.03. The van der Waals surface area contributed by atoms with E-state index in [0.717, 1.165) is 16.0 Å². The Kier molecular flexibility index (Phi) is 5.97. The van der Waals surface area contributed by atoms with Crippen molar-refractivity contribution in [2.75, 3.05) is 25.5 Å². The van der Waals surface area contributed by atoms with E-state index >= 15 is 0 Å². The number of amides is 1. The monoisotopic (exact) mass is 465 g/mol. The smallest absolute Gasteiger partial charge is 0.243 e. The van der Waals surface area contributed by atoms with E-state index in [0.29, 0.717) is 29.5 Å². The number of sulfonamides is 1. The Labute approximate surface area is 183 Å². The third kappa shape index (κ3) is 4.29. The van der Waals surface area contributed by atoms with Crippen molar-refractivity contribution < 1.29 is 17.9 Å². The van der Waals surface area contributed by atoms with Crippen LogP contribution < -0.4 is 10.1 Å². The van der Waals surface area contributed by atoms with E-state index in [4.69, 9.17) is 16.3 Å². The lowest BCUT2D eigenvalue weighted by molar-refractivity contribution is -0.120. The molecule has 0 bridgehead atoms. The second kappa shape index (κ2) is 8.50. The second-order valence-electron chi connectivity index (χ2n) is 7.00. The van der Waals surface area contributed by atoms with Gasteiger partial charge in [-0.15, -0.1) is 0 Å². The van der Waals surface area contributed by atoms with E-state index in [1.807, 2.05) is 18.2 Å². The van der Waals surface area contributed by atoms with Gasteiger partial charge in [0.05, 0.1) is 28.1 Å². The standard InChI is InChI=1S/C20H20ClN3O4S2/c1-28-15-6-9-17-18(11-15)29-20(22-17)23-19(25)13-3-2-10-24(12-13)30(26,27)16-7-4-14(21)5-8-16/h4-9,11,13H,2-3,10,12H2,1H3,(H,22,23,25). The Morgan fingerprint density at radius 1 is 1.27 bits per heavy atom. The summed E-state index contributed by atoms with van der Waals surface area (Å²) in [7, 11) is -2.08. The molecule has 1 aliphatic heterocycles. The average molecular weight is 466 g/mol. The quantitative estimate of drug-likeness (QED) is 0.615. The lowest BCUT2D eigenvalue weighted by atomic mass is 9.99. The Morgan fingerprint density at radius 2 is 2.03 bits per heavy atom. The summed E-state index contributed by atoms with van der Waals surface area (Å²) in [4.78, 5) is 17.4. The van der Waals surface area contributed by atoms with E-state index in [1.54, 1.807) is 19.2 Å². The number of nitrogens with zero attached hydrogens (tertiary/aromatic N) is 2. The van der Waals surface area contributed by atoms with Crippen LogP contribution in [0.15, 0.2) is 47.4 Å². The summed E-state index contributed by atoms with van der Waals surface area (Å²) in [5.74, 6) is 0.0544. The molecule has 4 rings (SSSR count). The average Bonchev–Trinajstić information content (AvgIpc) is 3.15. The molecule has 2 aromatic carbocycles. The number of fused-ring (bicyclic) bond motifs is 1. The second-order valence-corrected chi connectivity index (χ2v) is 10.4. The van der Waals surface area contributed by atoms with E-state index in [-0.39, 0.29) is 17.3 Å². The zero-order valence-electron chi connectivity index (χ0n) is 16.2. The Balaban J connectivity index is 1.47. The molecule has 0 spiro atoms. The van der Waals surface area contributed by atoms with Gasteiger partial charge in [0.1, 0.15) is 5.75 Å². The molecule has 30 heavy (non-hydrogen) atoms. The lowest BCUT2D eigenvalue weighted by Gasteiger charge is -2.31. The molecule has 2 heterocycles. The van der Waals surface area contributed by atoms with Gasteiger partial charge in [0.15, 0.2) is 5.13 Å². The van der Waals surface area contributed by atoms with E-state index < -0.39 is 15.9 Å². The van der Waals surface area contributed by atoms with Gasteiger partial charge in [-0.1, -0.05) is 22.9 Å². The molecule has 1 N–H and O–H groups in total. The molecule has 3 aromatic rings. The fourth-order valence-electron chi connectivity index (χ4n) is 3.42. The van der Waals surface area contributed by atoms with Gasteiger partial charge in [-0.05, 0) is 55.3 Å². The van der Waals surface area contributed by atoms with Gasteiger partial charge >= 0.3 is 0 Å². The summed E-state index contributed by atoms with van der Waals surface area (Å²) < 4.78 is 33.4. The molecule has 1 saturated heterocycles. The highest BCUT2D eigenvalue weighted by Crippen LogP contribution is 2.30. The number of nitrogens with one attached hydrogen (secondary N) is 1. The molecular weight excluding hydrogens is 446 g/mol. The van der Waals surface area contributed by atoms with Crippen LogP contribution in [0.3, 0.4) is 0 Å². The first-order valence-electron chi connectivity index (χ1n) is 9.38. The number of benzene rings is 2. The number of piperidine rings is 1. The highest BCUT2D eigenvalue weighted by atomic mass is 35.5. The number of hydrogen-bond donors (Lipinski definition) is 1. The molecule has 158 valence electrons. The number of ether oxygens (including phenoxy) is 1. The number of aromatic nitrogens is 1. The molecule has 1 aliphatic rings. The number of carbonyl (C=O) groups is 1. The van der Waals surface area contributed by atoms with E-state index in [2.05, 4.69) is 10.3 Å². The van der Waals surface area contributed by atoms with Gasteiger partial charge in [-0.25, -0.2) is 13.4 Å². The zero-order valence-corrected chi connectivity index (χ0v) is 18.6. The molecular formula is C20H20ClN3O4S2. The molecule has 1 fully saturated rings. The van der Waals surface area contributed by atoms with Crippen LogP contribution in [0.4, 0.5) is 5.13 Å². The van der Waals surface area contributed by atoms with E-state index in [9.17, 15) is 13.2 Å².